The molecule has 1 heterocycles. The van der Waals surface area contributed by atoms with Gasteiger partial charge in [0, 0.05) is 38.3 Å². The Morgan fingerprint density at radius 1 is 1.04 bits per heavy atom. The molecule has 0 saturated carbocycles. The van der Waals surface area contributed by atoms with Crippen LogP contribution in [-0.4, -0.2) is 55.0 Å². The number of piperazine rings is 1. The highest BCUT2D eigenvalue weighted by atomic mass is 19.2. The number of carbonyl (C=O) groups is 1. The van der Waals surface area contributed by atoms with Gasteiger partial charge < -0.3 is 10.2 Å². The molecular formula is C21H25F2N3O. The van der Waals surface area contributed by atoms with Crippen molar-refractivity contribution in [3.63, 3.8) is 0 Å². The largest absolute Gasteiger partial charge is 0.350 e. The first kappa shape index (κ1) is 19.5. The van der Waals surface area contributed by atoms with Gasteiger partial charge in [0.1, 0.15) is 0 Å². The molecule has 2 aromatic carbocycles. The molecule has 2 aromatic rings. The van der Waals surface area contributed by atoms with Gasteiger partial charge in [0.15, 0.2) is 11.6 Å². The van der Waals surface area contributed by atoms with Gasteiger partial charge in [0.2, 0.25) is 0 Å². The predicted molar refractivity (Wildman–Crippen MR) is 102 cm³/mol. The Morgan fingerprint density at radius 3 is 2.37 bits per heavy atom. The average molecular weight is 373 g/mol. The number of halogens is 2. The summed E-state index contributed by atoms with van der Waals surface area (Å²) >= 11 is 0. The van der Waals surface area contributed by atoms with Crippen molar-refractivity contribution in [3.8, 4) is 0 Å². The van der Waals surface area contributed by atoms with Crippen LogP contribution in [-0.2, 0) is 0 Å². The van der Waals surface area contributed by atoms with Gasteiger partial charge in [0.25, 0.3) is 5.91 Å². The summed E-state index contributed by atoms with van der Waals surface area (Å²) in [7, 11) is 0. The van der Waals surface area contributed by atoms with Gasteiger partial charge in [-0.3, -0.25) is 9.69 Å². The Bertz CT molecular complexity index is 761. The summed E-state index contributed by atoms with van der Waals surface area (Å²) in [6.07, 6.45) is 0. The minimum atomic E-state index is -1.02. The van der Waals surface area contributed by atoms with E-state index in [1.807, 2.05) is 18.2 Å². The first-order valence-corrected chi connectivity index (χ1v) is 9.33. The third kappa shape index (κ3) is 4.90. The molecule has 1 atom stereocenters. The van der Waals surface area contributed by atoms with Gasteiger partial charge in [0.05, 0.1) is 6.04 Å². The van der Waals surface area contributed by atoms with E-state index in [1.54, 1.807) is 0 Å². The number of hydrogen-bond acceptors (Lipinski definition) is 3. The van der Waals surface area contributed by atoms with Crippen LogP contribution in [0.1, 0.15) is 28.9 Å². The van der Waals surface area contributed by atoms with E-state index < -0.39 is 17.5 Å². The molecule has 1 aliphatic rings. The Morgan fingerprint density at radius 2 is 1.74 bits per heavy atom. The van der Waals surface area contributed by atoms with Gasteiger partial charge in [-0.15, -0.1) is 0 Å². The van der Waals surface area contributed by atoms with Crippen LogP contribution in [0.2, 0.25) is 0 Å². The number of hydrogen-bond donors (Lipinski definition) is 1. The summed E-state index contributed by atoms with van der Waals surface area (Å²) in [5.74, 6) is -2.37. The fraction of sp³-hybridized carbons (Fsp3) is 0.381. The van der Waals surface area contributed by atoms with E-state index >= 15 is 0 Å². The number of likely N-dealkylation sites (N-methyl/N-ethyl adjacent to an activating group) is 1. The lowest BCUT2D eigenvalue weighted by atomic mass is 10.0. The molecule has 0 aliphatic carbocycles. The summed E-state index contributed by atoms with van der Waals surface area (Å²) < 4.78 is 26.5. The fourth-order valence-electron chi connectivity index (χ4n) is 3.45. The number of amides is 1. The lowest BCUT2D eigenvalue weighted by Crippen LogP contribution is -2.49. The standard InChI is InChI=1S/C21H25F2N3O/c1-2-25-10-12-26(13-11-25)20(16-6-4-3-5-7-16)15-24-21(27)17-8-9-18(22)19(23)14-17/h3-9,14,20H,2,10-13,15H2,1H3,(H,24,27). The van der Waals surface area contributed by atoms with Gasteiger partial charge in [-0.1, -0.05) is 37.3 Å². The van der Waals surface area contributed by atoms with Gasteiger partial charge >= 0.3 is 0 Å². The van der Waals surface area contributed by atoms with Crippen LogP contribution in [0, 0.1) is 11.6 Å². The normalized spacial score (nSPS) is 16.9. The summed E-state index contributed by atoms with van der Waals surface area (Å²) in [5, 5.41) is 2.88. The number of nitrogens with zero attached hydrogens (tertiary/aromatic N) is 2. The zero-order valence-corrected chi connectivity index (χ0v) is 15.5. The van der Waals surface area contributed by atoms with Crippen molar-refractivity contribution < 1.29 is 13.6 Å². The van der Waals surface area contributed by atoms with Crippen LogP contribution in [0.15, 0.2) is 48.5 Å². The second-order valence-electron chi connectivity index (χ2n) is 6.74. The van der Waals surface area contributed by atoms with Crippen molar-refractivity contribution in [1.29, 1.82) is 0 Å². The van der Waals surface area contributed by atoms with Crippen LogP contribution < -0.4 is 5.32 Å². The monoisotopic (exact) mass is 373 g/mol. The molecule has 1 N–H and O–H groups in total. The molecule has 0 radical (unpaired) electrons. The Kier molecular flexibility index (Phi) is 6.53. The molecule has 1 unspecified atom stereocenters. The lowest BCUT2D eigenvalue weighted by molar-refractivity contribution is 0.0855. The molecule has 1 aliphatic heterocycles. The maximum absolute atomic E-state index is 13.4. The molecule has 1 fully saturated rings. The van der Waals surface area contributed by atoms with E-state index in [2.05, 4.69) is 34.2 Å². The highest BCUT2D eigenvalue weighted by Gasteiger charge is 2.25. The second-order valence-corrected chi connectivity index (χ2v) is 6.74. The maximum atomic E-state index is 13.4. The minimum Gasteiger partial charge on any atom is -0.350 e. The first-order valence-electron chi connectivity index (χ1n) is 9.33. The number of benzene rings is 2. The van der Waals surface area contributed by atoms with Gasteiger partial charge in [-0.05, 0) is 30.3 Å². The molecular weight excluding hydrogens is 348 g/mol. The number of rotatable bonds is 6. The summed E-state index contributed by atoms with van der Waals surface area (Å²) in [6, 6.07) is 13.3. The van der Waals surface area contributed by atoms with E-state index in [9.17, 15) is 13.6 Å². The highest BCUT2D eigenvalue weighted by molar-refractivity contribution is 5.94. The van der Waals surface area contributed by atoms with Crippen LogP contribution in [0.25, 0.3) is 0 Å². The van der Waals surface area contributed by atoms with Crippen molar-refractivity contribution in [1.82, 2.24) is 15.1 Å². The second kappa shape index (κ2) is 9.06. The maximum Gasteiger partial charge on any atom is 0.251 e. The van der Waals surface area contributed by atoms with E-state index in [-0.39, 0.29) is 11.6 Å². The molecule has 1 amide bonds. The van der Waals surface area contributed by atoms with E-state index in [0.29, 0.717) is 6.54 Å². The molecule has 0 aromatic heterocycles. The molecule has 0 bridgehead atoms. The summed E-state index contributed by atoms with van der Waals surface area (Å²) in [4.78, 5) is 17.2. The third-order valence-electron chi connectivity index (χ3n) is 5.12. The van der Waals surface area contributed by atoms with Crippen molar-refractivity contribution in [3.05, 3.63) is 71.3 Å². The molecule has 6 heteroatoms. The molecule has 27 heavy (non-hydrogen) atoms. The van der Waals surface area contributed by atoms with Crippen LogP contribution in [0.5, 0.6) is 0 Å². The Hall–Kier alpha value is -2.31. The zero-order chi connectivity index (χ0) is 19.2. The Labute approximate surface area is 158 Å². The highest BCUT2D eigenvalue weighted by Crippen LogP contribution is 2.22. The van der Waals surface area contributed by atoms with Crippen LogP contribution in [0.3, 0.4) is 0 Å². The minimum absolute atomic E-state index is 0.0412. The van der Waals surface area contributed by atoms with Crippen molar-refractivity contribution in [2.45, 2.75) is 13.0 Å². The van der Waals surface area contributed by atoms with Crippen LogP contribution in [0.4, 0.5) is 8.78 Å². The smallest absolute Gasteiger partial charge is 0.251 e. The molecule has 1 saturated heterocycles. The van der Waals surface area contributed by atoms with Gasteiger partial charge in [-0.25, -0.2) is 8.78 Å². The third-order valence-corrected chi connectivity index (χ3v) is 5.12. The Balaban J connectivity index is 1.70. The molecule has 3 rings (SSSR count). The zero-order valence-electron chi connectivity index (χ0n) is 15.5. The van der Waals surface area contributed by atoms with Crippen molar-refractivity contribution >= 4 is 5.91 Å². The first-order chi connectivity index (χ1) is 13.1. The number of nitrogens with one attached hydrogen (secondary N) is 1. The molecule has 144 valence electrons. The fourth-order valence-corrected chi connectivity index (χ4v) is 3.45. The van der Waals surface area contributed by atoms with Crippen molar-refractivity contribution in [2.75, 3.05) is 39.3 Å². The SMILES string of the molecule is CCN1CCN(C(CNC(=O)c2ccc(F)c(F)c2)c2ccccc2)CC1. The predicted octanol–water partition coefficient (Wildman–Crippen LogP) is 3.07. The molecule has 0 spiro atoms. The summed E-state index contributed by atoms with van der Waals surface area (Å²) in [6.45, 7) is 7.45. The number of carbonyl (C=O) groups excluding carboxylic acids is 1. The van der Waals surface area contributed by atoms with Crippen LogP contribution >= 0.6 is 0 Å². The van der Waals surface area contributed by atoms with Gasteiger partial charge in [-0.2, -0.15) is 0 Å². The summed E-state index contributed by atoms with van der Waals surface area (Å²) in [5.41, 5.74) is 1.25. The van der Waals surface area contributed by atoms with E-state index in [1.165, 1.54) is 6.07 Å². The van der Waals surface area contributed by atoms with E-state index in [0.717, 1.165) is 50.4 Å². The topological polar surface area (TPSA) is 35.6 Å². The quantitative estimate of drug-likeness (QED) is 0.845. The molecule has 4 nitrogen and oxygen atoms in total. The average Bonchev–Trinajstić information content (AvgIpc) is 2.71. The lowest BCUT2D eigenvalue weighted by Gasteiger charge is -2.39. The van der Waals surface area contributed by atoms with E-state index in [4.69, 9.17) is 0 Å². The van der Waals surface area contributed by atoms with Crippen molar-refractivity contribution in [2.24, 2.45) is 0 Å².